The van der Waals surface area contributed by atoms with E-state index in [1.165, 1.54) is 16.7 Å². The van der Waals surface area contributed by atoms with E-state index in [1.807, 2.05) is 0 Å². The number of aliphatic hydroxyl groups is 1. The van der Waals surface area contributed by atoms with Gasteiger partial charge >= 0.3 is 0 Å². The molecule has 1 heterocycles. The molecule has 2 aliphatic rings. The maximum absolute atomic E-state index is 12.3. The standard InChI is InChI=1S/C14H23N2O4PS/c17-5-6-22-11-7-12(18)16(14(11)20)8-9-1-3-10(4-2-9)13(19)15-21/h9-11,17H,1-8,21H2,(H,15,19). The van der Waals surface area contributed by atoms with Crippen molar-refractivity contribution in [2.45, 2.75) is 37.4 Å². The van der Waals surface area contributed by atoms with Crippen LogP contribution in [0.15, 0.2) is 0 Å². The molecule has 1 saturated heterocycles. The lowest BCUT2D eigenvalue weighted by atomic mass is 9.81. The molecule has 22 heavy (non-hydrogen) atoms. The van der Waals surface area contributed by atoms with E-state index in [2.05, 4.69) is 14.5 Å². The van der Waals surface area contributed by atoms with Crippen molar-refractivity contribution in [1.29, 1.82) is 0 Å². The van der Waals surface area contributed by atoms with Gasteiger partial charge in [0.05, 0.1) is 11.9 Å². The number of carbonyl (C=O) groups is 3. The number of hydrogen-bond donors (Lipinski definition) is 2. The molecule has 0 spiro atoms. The van der Waals surface area contributed by atoms with Gasteiger partial charge in [0, 0.05) is 24.6 Å². The van der Waals surface area contributed by atoms with Crippen LogP contribution in [0.4, 0.5) is 0 Å². The zero-order valence-electron chi connectivity index (χ0n) is 12.5. The summed E-state index contributed by atoms with van der Waals surface area (Å²) in [6.07, 6.45) is 3.60. The highest BCUT2D eigenvalue weighted by Crippen LogP contribution is 2.32. The Morgan fingerprint density at radius 3 is 2.59 bits per heavy atom. The van der Waals surface area contributed by atoms with Crippen LogP contribution in [0.1, 0.15) is 32.1 Å². The summed E-state index contributed by atoms with van der Waals surface area (Å²) in [5.41, 5.74) is 0. The van der Waals surface area contributed by atoms with Gasteiger partial charge in [-0.3, -0.25) is 19.3 Å². The Bertz CT molecular complexity index is 441. The van der Waals surface area contributed by atoms with Crippen molar-refractivity contribution >= 4 is 38.9 Å². The maximum atomic E-state index is 12.3. The number of amides is 3. The number of rotatable bonds is 6. The second-order valence-corrected chi connectivity index (χ2v) is 7.46. The molecule has 2 atom stereocenters. The Morgan fingerprint density at radius 2 is 2.00 bits per heavy atom. The average Bonchev–Trinajstić information content (AvgIpc) is 2.80. The van der Waals surface area contributed by atoms with Gasteiger partial charge in [0.1, 0.15) is 0 Å². The predicted molar refractivity (Wildman–Crippen MR) is 88.0 cm³/mol. The first-order chi connectivity index (χ1) is 10.6. The van der Waals surface area contributed by atoms with Gasteiger partial charge in [0.15, 0.2) is 0 Å². The summed E-state index contributed by atoms with van der Waals surface area (Å²) in [5, 5.41) is 11.1. The molecule has 2 unspecified atom stereocenters. The molecule has 0 aromatic carbocycles. The molecule has 2 rings (SSSR count). The predicted octanol–water partition coefficient (Wildman–Crippen LogP) is 0.552. The molecule has 0 aromatic heterocycles. The van der Waals surface area contributed by atoms with E-state index in [9.17, 15) is 14.4 Å². The SMILES string of the molecule is O=C(NP)C1CCC(CN2C(=O)CC(SCCO)C2=O)CC1. The second-order valence-electron chi connectivity index (χ2n) is 5.86. The maximum Gasteiger partial charge on any atom is 0.242 e. The normalized spacial score (nSPS) is 29.0. The molecule has 8 heteroatoms. The number of likely N-dealkylation sites (tertiary alicyclic amines) is 1. The van der Waals surface area contributed by atoms with Crippen LogP contribution in [0.3, 0.4) is 0 Å². The lowest BCUT2D eigenvalue weighted by Gasteiger charge is -2.29. The Labute approximate surface area is 137 Å². The van der Waals surface area contributed by atoms with Gasteiger partial charge in [-0.15, -0.1) is 11.8 Å². The van der Waals surface area contributed by atoms with Crippen molar-refractivity contribution in [3.63, 3.8) is 0 Å². The minimum Gasteiger partial charge on any atom is -0.396 e. The summed E-state index contributed by atoms with van der Waals surface area (Å²) < 4.78 is 0. The van der Waals surface area contributed by atoms with Gasteiger partial charge in [0.25, 0.3) is 0 Å². The summed E-state index contributed by atoms with van der Waals surface area (Å²) in [5.74, 6) is 0.651. The van der Waals surface area contributed by atoms with Gasteiger partial charge in [-0.25, -0.2) is 0 Å². The summed E-state index contributed by atoms with van der Waals surface area (Å²) in [6.45, 7) is 0.494. The van der Waals surface area contributed by atoms with Crippen LogP contribution in [0.25, 0.3) is 0 Å². The van der Waals surface area contributed by atoms with E-state index in [-0.39, 0.29) is 41.9 Å². The molecule has 0 bridgehead atoms. The monoisotopic (exact) mass is 346 g/mol. The van der Waals surface area contributed by atoms with Crippen molar-refractivity contribution in [3.05, 3.63) is 0 Å². The highest BCUT2D eigenvalue weighted by Gasteiger charge is 2.40. The van der Waals surface area contributed by atoms with Crippen molar-refractivity contribution < 1.29 is 19.5 Å². The second kappa shape index (κ2) is 8.27. The Kier molecular flexibility index (Phi) is 6.66. The van der Waals surface area contributed by atoms with Crippen molar-refractivity contribution in [2.75, 3.05) is 18.9 Å². The van der Waals surface area contributed by atoms with E-state index < -0.39 is 0 Å². The van der Waals surface area contributed by atoms with E-state index in [1.54, 1.807) is 0 Å². The van der Waals surface area contributed by atoms with Gasteiger partial charge in [-0.1, -0.05) is 0 Å². The topological polar surface area (TPSA) is 86.7 Å². The molecule has 1 aliphatic heterocycles. The largest absolute Gasteiger partial charge is 0.396 e. The van der Waals surface area contributed by atoms with Crippen LogP contribution in [-0.2, 0) is 14.4 Å². The molecule has 0 aromatic rings. The van der Waals surface area contributed by atoms with Crippen LogP contribution < -0.4 is 5.09 Å². The lowest BCUT2D eigenvalue weighted by Crippen LogP contribution is -2.38. The van der Waals surface area contributed by atoms with E-state index in [0.717, 1.165) is 25.7 Å². The quantitative estimate of drug-likeness (QED) is 0.542. The molecule has 1 aliphatic carbocycles. The number of aliphatic hydroxyl groups excluding tert-OH is 1. The molecule has 0 radical (unpaired) electrons. The number of thioether (sulfide) groups is 1. The van der Waals surface area contributed by atoms with E-state index >= 15 is 0 Å². The number of hydrogen-bond acceptors (Lipinski definition) is 5. The van der Waals surface area contributed by atoms with Crippen LogP contribution in [0.2, 0.25) is 0 Å². The third-order valence-corrected chi connectivity index (χ3v) is 5.89. The van der Waals surface area contributed by atoms with Crippen LogP contribution in [0, 0.1) is 11.8 Å². The average molecular weight is 346 g/mol. The molecule has 6 nitrogen and oxygen atoms in total. The summed E-state index contributed by atoms with van der Waals surface area (Å²) in [6, 6.07) is 0. The number of carbonyl (C=O) groups excluding carboxylic acids is 3. The molecular formula is C14H23N2O4PS. The molecule has 1 saturated carbocycles. The Morgan fingerprint density at radius 1 is 1.32 bits per heavy atom. The minimum absolute atomic E-state index is 0.0183. The Balaban J connectivity index is 1.83. The van der Waals surface area contributed by atoms with Crippen molar-refractivity contribution in [3.8, 4) is 0 Å². The lowest BCUT2D eigenvalue weighted by molar-refractivity contribution is -0.139. The van der Waals surface area contributed by atoms with Crippen molar-refractivity contribution in [1.82, 2.24) is 9.99 Å². The van der Waals surface area contributed by atoms with Gasteiger partial charge in [-0.05, 0) is 41.0 Å². The Hall–Kier alpha value is -0.650. The smallest absolute Gasteiger partial charge is 0.242 e. The highest BCUT2D eigenvalue weighted by molar-refractivity contribution is 8.00. The fourth-order valence-electron chi connectivity index (χ4n) is 3.15. The zero-order chi connectivity index (χ0) is 16.1. The molecule has 2 N–H and O–H groups in total. The van der Waals surface area contributed by atoms with E-state index in [4.69, 9.17) is 5.11 Å². The van der Waals surface area contributed by atoms with Crippen LogP contribution in [-0.4, -0.2) is 51.9 Å². The fourth-order valence-corrected chi connectivity index (χ4v) is 4.31. The van der Waals surface area contributed by atoms with Gasteiger partial charge < -0.3 is 10.2 Å². The summed E-state index contributed by atoms with van der Waals surface area (Å²) in [4.78, 5) is 37.2. The van der Waals surface area contributed by atoms with E-state index in [0.29, 0.717) is 18.2 Å². The van der Waals surface area contributed by atoms with Crippen LogP contribution >= 0.6 is 21.2 Å². The fraction of sp³-hybridized carbons (Fsp3) is 0.786. The zero-order valence-corrected chi connectivity index (χ0v) is 14.5. The summed E-state index contributed by atoms with van der Waals surface area (Å²) >= 11 is 1.35. The molecule has 124 valence electrons. The van der Waals surface area contributed by atoms with Crippen molar-refractivity contribution in [2.24, 2.45) is 11.8 Å². The number of imide groups is 1. The third kappa shape index (κ3) is 4.21. The highest BCUT2D eigenvalue weighted by atomic mass is 32.2. The first-order valence-corrected chi connectivity index (χ1v) is 9.26. The first-order valence-electron chi connectivity index (χ1n) is 7.64. The molecule has 3 amide bonds. The first kappa shape index (κ1) is 17.7. The summed E-state index contributed by atoms with van der Waals surface area (Å²) in [7, 11) is 2.23. The van der Waals surface area contributed by atoms with Gasteiger partial charge in [0.2, 0.25) is 17.7 Å². The number of nitrogens with one attached hydrogen (secondary N) is 1. The molecule has 2 fully saturated rings. The third-order valence-electron chi connectivity index (χ3n) is 4.41. The molecular weight excluding hydrogens is 323 g/mol. The van der Waals surface area contributed by atoms with Crippen LogP contribution in [0.5, 0.6) is 0 Å². The number of nitrogens with zero attached hydrogens (tertiary/aromatic N) is 1. The van der Waals surface area contributed by atoms with Gasteiger partial charge in [-0.2, -0.15) is 0 Å². The minimum atomic E-state index is -0.334.